The van der Waals surface area contributed by atoms with Gasteiger partial charge in [0.15, 0.2) is 0 Å². The summed E-state index contributed by atoms with van der Waals surface area (Å²) >= 11 is 0. The maximum atomic E-state index is 12.5. The Kier molecular flexibility index (Phi) is 5.21. The van der Waals surface area contributed by atoms with Crippen LogP contribution in [0.4, 0.5) is 17.1 Å². The summed E-state index contributed by atoms with van der Waals surface area (Å²) in [6.07, 6.45) is 2.38. The molecule has 0 unspecified atom stereocenters. The van der Waals surface area contributed by atoms with E-state index in [9.17, 15) is 19.7 Å². The lowest BCUT2D eigenvalue weighted by Gasteiger charge is -2.28. The lowest BCUT2D eigenvalue weighted by Crippen LogP contribution is -2.35. The molecule has 1 aliphatic rings. The van der Waals surface area contributed by atoms with Crippen LogP contribution in [0.1, 0.15) is 40.7 Å². The summed E-state index contributed by atoms with van der Waals surface area (Å²) in [4.78, 5) is 37.1. The van der Waals surface area contributed by atoms with Gasteiger partial charge < -0.3 is 10.2 Å². The van der Waals surface area contributed by atoms with Crippen LogP contribution in [0.2, 0.25) is 0 Å². The second-order valence-corrected chi connectivity index (χ2v) is 6.72. The molecular formula is C20H21N3O4. The van der Waals surface area contributed by atoms with Crippen molar-refractivity contribution in [2.45, 2.75) is 33.1 Å². The molecule has 7 nitrogen and oxygen atoms in total. The van der Waals surface area contributed by atoms with Crippen molar-refractivity contribution in [3.05, 3.63) is 63.2 Å². The largest absolute Gasteiger partial charge is 0.322 e. The molecular weight excluding hydrogens is 346 g/mol. The van der Waals surface area contributed by atoms with Crippen LogP contribution in [-0.4, -0.2) is 23.3 Å². The minimum Gasteiger partial charge on any atom is -0.322 e. The Labute approximate surface area is 157 Å². The topological polar surface area (TPSA) is 92.5 Å². The predicted molar refractivity (Wildman–Crippen MR) is 103 cm³/mol. The molecule has 0 radical (unpaired) electrons. The highest BCUT2D eigenvalue weighted by molar-refractivity contribution is 6.05. The number of anilines is 2. The maximum absolute atomic E-state index is 12.5. The summed E-state index contributed by atoms with van der Waals surface area (Å²) in [5.41, 5.74) is 2.90. The van der Waals surface area contributed by atoms with E-state index in [0.717, 1.165) is 24.1 Å². The van der Waals surface area contributed by atoms with Gasteiger partial charge in [0, 0.05) is 41.5 Å². The number of nitrogens with one attached hydrogen (secondary N) is 1. The van der Waals surface area contributed by atoms with E-state index in [2.05, 4.69) is 5.32 Å². The number of benzene rings is 2. The van der Waals surface area contributed by atoms with Gasteiger partial charge in [-0.1, -0.05) is 12.1 Å². The van der Waals surface area contributed by atoms with Gasteiger partial charge in [0.25, 0.3) is 11.6 Å². The molecule has 1 aliphatic heterocycles. The van der Waals surface area contributed by atoms with Crippen LogP contribution in [0.15, 0.2) is 36.4 Å². The molecule has 7 heteroatoms. The van der Waals surface area contributed by atoms with Crippen LogP contribution >= 0.6 is 0 Å². The Bertz CT molecular complexity index is 923. The highest BCUT2D eigenvalue weighted by Crippen LogP contribution is 2.28. The van der Waals surface area contributed by atoms with E-state index in [1.807, 2.05) is 13.0 Å². The smallest absolute Gasteiger partial charge is 0.273 e. The van der Waals surface area contributed by atoms with Crippen molar-refractivity contribution >= 4 is 28.9 Å². The molecule has 1 heterocycles. The molecule has 0 aliphatic carbocycles. The van der Waals surface area contributed by atoms with Gasteiger partial charge in [-0.05, 0) is 50.5 Å². The summed E-state index contributed by atoms with van der Waals surface area (Å²) < 4.78 is 0. The normalized spacial score (nSPS) is 14.1. The third-order valence-electron chi connectivity index (χ3n) is 4.75. The van der Waals surface area contributed by atoms with Gasteiger partial charge in [0.2, 0.25) is 5.91 Å². The van der Waals surface area contributed by atoms with E-state index in [4.69, 9.17) is 0 Å². The number of carbonyl (C=O) groups excluding carboxylic acids is 2. The number of hydrogen-bond acceptors (Lipinski definition) is 4. The summed E-state index contributed by atoms with van der Waals surface area (Å²) in [6.45, 7) is 4.22. The third kappa shape index (κ3) is 3.97. The number of nitrogens with zero attached hydrogens (tertiary/aromatic N) is 2. The zero-order chi connectivity index (χ0) is 19.6. The molecule has 140 valence electrons. The van der Waals surface area contributed by atoms with Crippen LogP contribution in [0.25, 0.3) is 0 Å². The zero-order valence-corrected chi connectivity index (χ0v) is 15.3. The minimum atomic E-state index is -0.502. The van der Waals surface area contributed by atoms with Crippen molar-refractivity contribution in [2.24, 2.45) is 0 Å². The first-order chi connectivity index (χ1) is 12.9. The maximum Gasteiger partial charge on any atom is 0.273 e. The number of piperidine rings is 1. The first-order valence-corrected chi connectivity index (χ1v) is 8.84. The number of amides is 2. The van der Waals surface area contributed by atoms with Gasteiger partial charge in [-0.15, -0.1) is 0 Å². The molecule has 2 aromatic rings. The fraction of sp³-hybridized carbons (Fsp3) is 0.300. The average Bonchev–Trinajstić information content (AvgIpc) is 2.64. The van der Waals surface area contributed by atoms with Gasteiger partial charge >= 0.3 is 0 Å². The standard InChI is InChI=1S/C20H21N3O4/c1-13-7-9-16(12-17(13)22-10-4-3-5-19(22)24)21-20(25)15-8-6-14(2)18(11-15)23(26)27/h6-9,11-12H,3-5,10H2,1-2H3,(H,21,25). The Balaban J connectivity index is 1.84. The van der Waals surface area contributed by atoms with Crippen molar-refractivity contribution in [1.82, 2.24) is 0 Å². The number of nitro groups is 1. The average molecular weight is 367 g/mol. The predicted octanol–water partition coefficient (Wildman–Crippen LogP) is 3.98. The first kappa shape index (κ1) is 18.6. The molecule has 0 bridgehead atoms. The molecule has 0 saturated carbocycles. The van der Waals surface area contributed by atoms with Crippen LogP contribution in [0.3, 0.4) is 0 Å². The second-order valence-electron chi connectivity index (χ2n) is 6.72. The van der Waals surface area contributed by atoms with Crippen molar-refractivity contribution in [3.8, 4) is 0 Å². The summed E-state index contributed by atoms with van der Waals surface area (Å²) in [5, 5.41) is 13.8. The van der Waals surface area contributed by atoms with Gasteiger partial charge in [-0.3, -0.25) is 19.7 Å². The third-order valence-corrected chi connectivity index (χ3v) is 4.75. The Morgan fingerprint density at radius 1 is 1.11 bits per heavy atom. The van der Waals surface area contributed by atoms with Gasteiger partial charge in [-0.2, -0.15) is 0 Å². The second kappa shape index (κ2) is 7.57. The van der Waals surface area contributed by atoms with Gasteiger partial charge in [0.1, 0.15) is 0 Å². The van der Waals surface area contributed by atoms with Crippen molar-refractivity contribution in [1.29, 1.82) is 0 Å². The molecule has 2 aromatic carbocycles. The SMILES string of the molecule is Cc1ccc(NC(=O)c2ccc(C)c([N+](=O)[O-])c2)cc1N1CCCCC1=O. The van der Waals surface area contributed by atoms with E-state index in [1.54, 1.807) is 36.1 Å². The molecule has 2 amide bonds. The van der Waals surface area contributed by atoms with E-state index >= 15 is 0 Å². The van der Waals surface area contributed by atoms with E-state index in [1.165, 1.54) is 6.07 Å². The molecule has 3 rings (SSSR count). The summed E-state index contributed by atoms with van der Waals surface area (Å²) in [6, 6.07) is 9.77. The van der Waals surface area contributed by atoms with E-state index in [-0.39, 0.29) is 17.2 Å². The van der Waals surface area contributed by atoms with Crippen LogP contribution < -0.4 is 10.2 Å². The summed E-state index contributed by atoms with van der Waals surface area (Å²) in [7, 11) is 0. The molecule has 1 N–H and O–H groups in total. The molecule has 1 fully saturated rings. The van der Waals surface area contributed by atoms with Crippen molar-refractivity contribution in [2.75, 3.05) is 16.8 Å². The lowest BCUT2D eigenvalue weighted by molar-refractivity contribution is -0.385. The van der Waals surface area contributed by atoms with Crippen molar-refractivity contribution in [3.63, 3.8) is 0 Å². The highest BCUT2D eigenvalue weighted by Gasteiger charge is 2.22. The number of aryl methyl sites for hydroxylation is 2. The Morgan fingerprint density at radius 3 is 2.56 bits per heavy atom. The number of hydrogen-bond donors (Lipinski definition) is 1. The quantitative estimate of drug-likeness (QED) is 0.653. The fourth-order valence-electron chi connectivity index (χ4n) is 3.19. The van der Waals surface area contributed by atoms with Crippen LogP contribution in [-0.2, 0) is 4.79 Å². The molecule has 0 atom stereocenters. The Morgan fingerprint density at radius 2 is 1.85 bits per heavy atom. The monoisotopic (exact) mass is 367 g/mol. The van der Waals surface area contributed by atoms with Crippen molar-refractivity contribution < 1.29 is 14.5 Å². The van der Waals surface area contributed by atoms with Gasteiger partial charge in [-0.25, -0.2) is 0 Å². The highest BCUT2D eigenvalue weighted by atomic mass is 16.6. The molecule has 0 aromatic heterocycles. The molecule has 1 saturated heterocycles. The molecule has 0 spiro atoms. The fourth-order valence-corrected chi connectivity index (χ4v) is 3.19. The van der Waals surface area contributed by atoms with Crippen LogP contribution in [0.5, 0.6) is 0 Å². The minimum absolute atomic E-state index is 0.0852. The van der Waals surface area contributed by atoms with Gasteiger partial charge in [0.05, 0.1) is 4.92 Å². The van der Waals surface area contributed by atoms with Crippen LogP contribution in [0, 0.1) is 24.0 Å². The first-order valence-electron chi connectivity index (χ1n) is 8.84. The van der Waals surface area contributed by atoms with E-state index < -0.39 is 10.8 Å². The number of nitro benzene ring substituents is 1. The Hall–Kier alpha value is -3.22. The summed E-state index contributed by atoms with van der Waals surface area (Å²) in [5.74, 6) is -0.347. The zero-order valence-electron chi connectivity index (χ0n) is 15.3. The van der Waals surface area contributed by atoms with E-state index in [0.29, 0.717) is 24.2 Å². The lowest BCUT2D eigenvalue weighted by atomic mass is 10.1. The number of carbonyl (C=O) groups is 2. The molecule has 27 heavy (non-hydrogen) atoms. The number of rotatable bonds is 4.